The summed E-state index contributed by atoms with van der Waals surface area (Å²) >= 11 is 0. The lowest BCUT2D eigenvalue weighted by Gasteiger charge is -2.21. The van der Waals surface area contributed by atoms with Gasteiger partial charge in [-0.25, -0.2) is 4.98 Å². The van der Waals surface area contributed by atoms with E-state index in [2.05, 4.69) is 0 Å². The maximum absolute atomic E-state index is 9.67. The standard InChI is InChI=1S/C51H36N2/c1-2-49-52-46-27-15-16-28-48(46)53(49)47-30-29-45(39-21-9-10-22-40(39)47)51-43-25-13-11-23-41(43)50(42-24-12-14-26-44(42)51)38-32-36(34-17-5-3-6-18-34)31-37(33-38)35-19-7-4-8-20-35/h3-33H,2H2,1H3/i3D,4D,5D,6D,7D,8D,11D,12D,13D,14D,17D,18D,19D,20D,23D,24D,25D,26D. The Kier molecular flexibility index (Phi) is 4.25. The van der Waals surface area contributed by atoms with Gasteiger partial charge < -0.3 is 0 Å². The molecule has 0 aliphatic heterocycles. The third-order valence-electron chi connectivity index (χ3n) is 9.53. The molecule has 0 radical (unpaired) electrons. The van der Waals surface area contributed by atoms with Gasteiger partial charge in [0.25, 0.3) is 0 Å². The number of nitrogens with zero attached hydrogens (tertiary/aromatic N) is 2. The lowest BCUT2D eigenvalue weighted by Crippen LogP contribution is -2.01. The van der Waals surface area contributed by atoms with Crippen LogP contribution in [0.1, 0.15) is 37.4 Å². The van der Waals surface area contributed by atoms with Crippen molar-refractivity contribution >= 4 is 43.4 Å². The van der Waals surface area contributed by atoms with E-state index in [1.807, 2.05) is 60.0 Å². The minimum Gasteiger partial charge on any atom is -0.296 e. The summed E-state index contributed by atoms with van der Waals surface area (Å²) in [6.07, 6.45) is 0.573. The van der Waals surface area contributed by atoms with Gasteiger partial charge in [0.15, 0.2) is 0 Å². The van der Waals surface area contributed by atoms with Gasteiger partial charge >= 0.3 is 0 Å². The number of hydrogen-bond donors (Lipinski definition) is 0. The van der Waals surface area contributed by atoms with Gasteiger partial charge in [-0.3, -0.25) is 4.57 Å². The number of aryl methyl sites for hydroxylation is 1. The van der Waals surface area contributed by atoms with Crippen LogP contribution in [0.5, 0.6) is 0 Å². The fourth-order valence-electron chi connectivity index (χ4n) is 7.31. The average Bonchev–Trinajstić information content (AvgIpc) is 3.75. The van der Waals surface area contributed by atoms with E-state index in [-0.39, 0.29) is 60.5 Å². The molecule has 0 bridgehead atoms. The molecule has 0 amide bonds. The Hall–Kier alpha value is -6.77. The van der Waals surface area contributed by atoms with E-state index in [1.54, 1.807) is 12.1 Å². The van der Waals surface area contributed by atoms with E-state index in [4.69, 9.17) is 24.2 Å². The molecule has 0 unspecified atom stereocenters. The molecule has 0 aliphatic rings. The molecule has 9 aromatic carbocycles. The molecule has 250 valence electrons. The number of hydrogen-bond acceptors (Lipinski definition) is 1. The second kappa shape index (κ2) is 12.8. The first-order valence-corrected chi connectivity index (χ1v) is 17.0. The van der Waals surface area contributed by atoms with Crippen LogP contribution in [-0.2, 0) is 6.42 Å². The van der Waals surface area contributed by atoms with E-state index in [0.717, 1.165) is 22.5 Å². The monoisotopic (exact) mass is 694 g/mol. The molecule has 0 atom stereocenters. The average molecular weight is 695 g/mol. The highest BCUT2D eigenvalue weighted by molar-refractivity contribution is 6.24. The minimum atomic E-state index is -0.704. The highest BCUT2D eigenvalue weighted by Crippen LogP contribution is 2.47. The molecule has 0 spiro atoms. The number of aromatic nitrogens is 2. The van der Waals surface area contributed by atoms with Gasteiger partial charge in [-0.15, -0.1) is 0 Å². The van der Waals surface area contributed by atoms with E-state index >= 15 is 0 Å². The minimum absolute atomic E-state index is 0.0549. The molecule has 2 nitrogen and oxygen atoms in total. The lowest BCUT2D eigenvalue weighted by molar-refractivity contribution is 0.913. The van der Waals surface area contributed by atoms with E-state index in [9.17, 15) is 5.48 Å². The molecule has 53 heavy (non-hydrogen) atoms. The van der Waals surface area contributed by atoms with Gasteiger partial charge in [0.2, 0.25) is 0 Å². The van der Waals surface area contributed by atoms with Crippen LogP contribution in [0.4, 0.5) is 0 Å². The number of rotatable bonds is 6. The highest BCUT2D eigenvalue weighted by atomic mass is 15.1. The molecule has 1 heterocycles. The summed E-state index contributed by atoms with van der Waals surface area (Å²) in [5.41, 5.74) is 1.49. The lowest BCUT2D eigenvalue weighted by atomic mass is 9.83. The van der Waals surface area contributed by atoms with Crippen LogP contribution in [0.15, 0.2) is 188 Å². The van der Waals surface area contributed by atoms with Crippen molar-refractivity contribution in [2.75, 3.05) is 0 Å². The van der Waals surface area contributed by atoms with Gasteiger partial charge in [0.05, 0.1) is 41.4 Å². The SMILES string of the molecule is [2H]c1c([2H])c([2H])c(-c2cc(-c3c([2H])c([2H])c([2H])c([2H])c3[2H])cc(-c3c4c([2H])c([2H])c([2H])c([2H])c4c(-c4ccc(-n5c(CC)nc6ccccc65)c5ccccc45)c4c([2H])c([2H])c([2H])c([2H])c34)c2)c([2H])c1[2H]. The maximum Gasteiger partial charge on any atom is 0.114 e. The molecule has 1 aromatic heterocycles. The Morgan fingerprint density at radius 2 is 0.981 bits per heavy atom. The summed E-state index contributed by atoms with van der Waals surface area (Å²) in [4.78, 5) is 4.89. The van der Waals surface area contributed by atoms with Crippen LogP contribution in [0.2, 0.25) is 0 Å². The van der Waals surface area contributed by atoms with Crippen LogP contribution in [0, 0.1) is 0 Å². The van der Waals surface area contributed by atoms with Crippen molar-refractivity contribution in [3.05, 3.63) is 193 Å². The van der Waals surface area contributed by atoms with Crippen molar-refractivity contribution in [3.8, 4) is 50.2 Å². The Morgan fingerprint density at radius 1 is 0.472 bits per heavy atom. The zero-order valence-electron chi connectivity index (χ0n) is 46.1. The van der Waals surface area contributed by atoms with Crippen molar-refractivity contribution in [1.29, 1.82) is 0 Å². The highest BCUT2D eigenvalue weighted by Gasteiger charge is 2.21. The molecular weight excluding hydrogens is 641 g/mol. The van der Waals surface area contributed by atoms with Gasteiger partial charge in [0.1, 0.15) is 5.82 Å². The molecule has 0 saturated heterocycles. The van der Waals surface area contributed by atoms with Crippen LogP contribution in [0.25, 0.3) is 93.5 Å². The summed E-state index contributed by atoms with van der Waals surface area (Å²) in [5.74, 6) is 0.765. The summed E-state index contributed by atoms with van der Waals surface area (Å²) < 4.78 is 164. The quantitative estimate of drug-likeness (QED) is 0.158. The predicted octanol–water partition coefficient (Wildman–Crippen LogP) is 13.7. The smallest absolute Gasteiger partial charge is 0.114 e. The fraction of sp³-hybridized carbons (Fsp3) is 0.0392. The van der Waals surface area contributed by atoms with Crippen LogP contribution < -0.4 is 0 Å². The third-order valence-corrected chi connectivity index (χ3v) is 9.53. The number of para-hydroxylation sites is 2. The summed E-state index contributed by atoms with van der Waals surface area (Å²) in [7, 11) is 0. The Bertz CT molecular complexity index is 3800. The van der Waals surface area contributed by atoms with Gasteiger partial charge in [-0.2, -0.15) is 0 Å². The van der Waals surface area contributed by atoms with E-state index < -0.39 is 109 Å². The van der Waals surface area contributed by atoms with E-state index in [0.29, 0.717) is 22.8 Å². The Balaban J connectivity index is 1.44. The summed E-state index contributed by atoms with van der Waals surface area (Å²) in [5, 5.41) is 0.547. The molecular formula is C51H36N2. The summed E-state index contributed by atoms with van der Waals surface area (Å²) in [6, 6.07) is 10.7. The molecule has 2 heteroatoms. The van der Waals surface area contributed by atoms with Gasteiger partial charge in [-0.05, 0) is 108 Å². The zero-order valence-corrected chi connectivity index (χ0v) is 28.1. The van der Waals surface area contributed by atoms with Gasteiger partial charge in [0, 0.05) is 11.8 Å². The largest absolute Gasteiger partial charge is 0.296 e. The molecule has 10 rings (SSSR count). The molecule has 0 saturated carbocycles. The first-order valence-electron chi connectivity index (χ1n) is 26.0. The third kappa shape index (κ3) is 5.14. The topological polar surface area (TPSA) is 17.8 Å². The first kappa shape index (κ1) is 17.6. The normalized spacial score (nSPS) is 16.3. The molecule has 10 aromatic rings. The Morgan fingerprint density at radius 3 is 1.58 bits per heavy atom. The number of imidazole rings is 1. The fourth-order valence-corrected chi connectivity index (χ4v) is 7.31. The van der Waals surface area contributed by atoms with Gasteiger partial charge in [-0.1, -0.05) is 158 Å². The predicted molar refractivity (Wildman–Crippen MR) is 225 cm³/mol. The van der Waals surface area contributed by atoms with Crippen molar-refractivity contribution in [2.45, 2.75) is 13.3 Å². The second-order valence-corrected chi connectivity index (χ2v) is 12.4. The van der Waals surface area contributed by atoms with E-state index in [1.165, 1.54) is 18.2 Å². The number of fused-ring (bicyclic) bond motifs is 4. The first-order chi connectivity index (χ1) is 33.7. The van der Waals surface area contributed by atoms with Crippen molar-refractivity contribution < 1.29 is 24.7 Å². The molecule has 0 aliphatic carbocycles. The second-order valence-electron chi connectivity index (χ2n) is 12.4. The number of benzene rings is 9. The zero-order chi connectivity index (χ0) is 51.0. The maximum atomic E-state index is 9.67. The molecule has 0 fully saturated rings. The Labute approximate surface area is 334 Å². The molecule has 0 N–H and O–H groups in total. The van der Waals surface area contributed by atoms with Crippen molar-refractivity contribution in [3.63, 3.8) is 0 Å². The van der Waals surface area contributed by atoms with Crippen molar-refractivity contribution in [1.82, 2.24) is 9.55 Å². The summed E-state index contributed by atoms with van der Waals surface area (Å²) in [6.45, 7) is 1.99. The van der Waals surface area contributed by atoms with Crippen LogP contribution in [0.3, 0.4) is 0 Å². The van der Waals surface area contributed by atoms with Crippen LogP contribution >= 0.6 is 0 Å². The van der Waals surface area contributed by atoms with Crippen molar-refractivity contribution in [2.24, 2.45) is 0 Å². The van der Waals surface area contributed by atoms with Crippen LogP contribution in [-0.4, -0.2) is 9.55 Å².